The van der Waals surface area contributed by atoms with E-state index in [2.05, 4.69) is 91.3 Å². The second-order valence-corrected chi connectivity index (χ2v) is 7.94. The average molecular weight is 372 g/mol. The van der Waals surface area contributed by atoms with E-state index in [1.54, 1.807) is 0 Å². The highest BCUT2D eigenvalue weighted by molar-refractivity contribution is 6.17. The summed E-state index contributed by atoms with van der Waals surface area (Å²) in [4.78, 5) is 2.57. The molecule has 0 saturated carbocycles. The SMILES string of the molecule is CCCCN(CCCC)c1ccc2c(ccc3c4cc[n+](C)cc4ccc23)c1. The maximum atomic E-state index is 2.57. The van der Waals surface area contributed by atoms with Gasteiger partial charge in [-0.25, -0.2) is 4.57 Å². The van der Waals surface area contributed by atoms with Gasteiger partial charge in [-0.1, -0.05) is 51.0 Å². The molecular weight excluding hydrogens is 340 g/mol. The second kappa shape index (κ2) is 8.18. The van der Waals surface area contributed by atoms with Crippen LogP contribution in [0.1, 0.15) is 39.5 Å². The quantitative estimate of drug-likeness (QED) is 0.270. The molecule has 0 amide bonds. The summed E-state index contributed by atoms with van der Waals surface area (Å²) >= 11 is 0. The first-order valence-electron chi connectivity index (χ1n) is 10.7. The summed E-state index contributed by atoms with van der Waals surface area (Å²) in [5.41, 5.74) is 1.36. The van der Waals surface area contributed by atoms with Crippen molar-refractivity contribution in [2.75, 3.05) is 18.0 Å². The first-order chi connectivity index (χ1) is 13.7. The van der Waals surface area contributed by atoms with Gasteiger partial charge in [0.25, 0.3) is 0 Å². The summed E-state index contributed by atoms with van der Waals surface area (Å²) < 4.78 is 2.11. The predicted molar refractivity (Wildman–Crippen MR) is 122 cm³/mol. The first-order valence-corrected chi connectivity index (χ1v) is 10.7. The van der Waals surface area contributed by atoms with E-state index in [0.717, 1.165) is 13.1 Å². The molecule has 0 N–H and O–H groups in total. The molecule has 28 heavy (non-hydrogen) atoms. The molecule has 4 rings (SSSR count). The Morgan fingerprint density at radius 1 is 0.714 bits per heavy atom. The Morgan fingerprint density at radius 3 is 2.00 bits per heavy atom. The Labute approximate surface area is 168 Å². The lowest BCUT2D eigenvalue weighted by molar-refractivity contribution is -0.670. The highest BCUT2D eigenvalue weighted by atomic mass is 15.1. The van der Waals surface area contributed by atoms with Crippen LogP contribution in [0.3, 0.4) is 0 Å². The van der Waals surface area contributed by atoms with E-state index in [1.165, 1.54) is 63.7 Å². The third kappa shape index (κ3) is 3.56. The smallest absolute Gasteiger partial charge is 0.176 e. The van der Waals surface area contributed by atoms with Crippen LogP contribution in [0.4, 0.5) is 5.69 Å². The lowest BCUT2D eigenvalue weighted by Crippen LogP contribution is -2.25. The molecule has 2 heteroatoms. The number of aromatic nitrogens is 1. The standard InChI is InChI=1S/C26H31N2/c1-4-6-15-28(16-7-5-2)22-10-13-23-20(18-22)8-11-26-24-14-17-27(3)19-21(24)9-12-25(23)26/h8-14,17-19H,4-7,15-16H2,1-3H3/q+1. The van der Waals surface area contributed by atoms with E-state index in [4.69, 9.17) is 0 Å². The molecule has 1 heterocycles. The molecule has 0 aliphatic heterocycles. The molecule has 0 saturated heterocycles. The molecule has 0 bridgehead atoms. The van der Waals surface area contributed by atoms with Gasteiger partial charge in [-0.2, -0.15) is 0 Å². The Balaban J connectivity index is 1.80. The number of pyridine rings is 1. The van der Waals surface area contributed by atoms with Crippen LogP contribution in [0, 0.1) is 0 Å². The predicted octanol–water partition coefficient (Wildman–Crippen LogP) is 6.38. The van der Waals surface area contributed by atoms with Gasteiger partial charge in [0.15, 0.2) is 12.4 Å². The average Bonchev–Trinajstić information content (AvgIpc) is 2.72. The Morgan fingerprint density at radius 2 is 1.32 bits per heavy atom. The van der Waals surface area contributed by atoms with E-state index in [9.17, 15) is 0 Å². The van der Waals surface area contributed by atoms with E-state index in [-0.39, 0.29) is 0 Å². The van der Waals surface area contributed by atoms with Crippen molar-refractivity contribution in [3.05, 3.63) is 60.9 Å². The van der Waals surface area contributed by atoms with Gasteiger partial charge in [-0.15, -0.1) is 0 Å². The number of unbranched alkanes of at least 4 members (excludes halogenated alkanes) is 2. The zero-order chi connectivity index (χ0) is 19.5. The molecule has 0 aliphatic carbocycles. The van der Waals surface area contributed by atoms with Crippen LogP contribution in [0.15, 0.2) is 60.9 Å². The van der Waals surface area contributed by atoms with Gasteiger partial charge < -0.3 is 4.90 Å². The highest BCUT2D eigenvalue weighted by Gasteiger charge is 2.10. The second-order valence-electron chi connectivity index (χ2n) is 7.94. The molecule has 0 radical (unpaired) electrons. The van der Waals surface area contributed by atoms with Gasteiger partial charge >= 0.3 is 0 Å². The van der Waals surface area contributed by atoms with Crippen molar-refractivity contribution in [3.8, 4) is 0 Å². The molecule has 0 fully saturated rings. The van der Waals surface area contributed by atoms with E-state index >= 15 is 0 Å². The minimum atomic E-state index is 1.15. The van der Waals surface area contributed by atoms with Crippen LogP contribution < -0.4 is 9.47 Å². The van der Waals surface area contributed by atoms with Gasteiger partial charge in [-0.3, -0.25) is 0 Å². The fourth-order valence-corrected chi connectivity index (χ4v) is 4.19. The van der Waals surface area contributed by atoms with Crippen molar-refractivity contribution >= 4 is 38.0 Å². The normalized spacial score (nSPS) is 11.5. The summed E-state index contributed by atoms with van der Waals surface area (Å²) in [6.07, 6.45) is 9.32. The summed E-state index contributed by atoms with van der Waals surface area (Å²) in [5, 5.41) is 7.99. The molecule has 4 aromatic rings. The molecule has 0 atom stereocenters. The summed E-state index contributed by atoms with van der Waals surface area (Å²) in [6, 6.07) is 18.4. The van der Waals surface area contributed by atoms with E-state index in [0.29, 0.717) is 0 Å². The maximum Gasteiger partial charge on any atom is 0.176 e. The number of benzene rings is 3. The van der Waals surface area contributed by atoms with Crippen molar-refractivity contribution in [2.45, 2.75) is 39.5 Å². The number of nitrogens with zero attached hydrogens (tertiary/aromatic N) is 2. The lowest BCUT2D eigenvalue weighted by Gasteiger charge is -2.25. The summed E-state index contributed by atoms with van der Waals surface area (Å²) in [5.74, 6) is 0. The molecule has 1 aromatic heterocycles. The molecule has 2 nitrogen and oxygen atoms in total. The van der Waals surface area contributed by atoms with Crippen molar-refractivity contribution < 1.29 is 4.57 Å². The number of aryl methyl sites for hydroxylation is 1. The zero-order valence-electron chi connectivity index (χ0n) is 17.4. The molecule has 0 aliphatic rings. The van der Waals surface area contributed by atoms with Gasteiger partial charge in [-0.05, 0) is 52.6 Å². The fraction of sp³-hybridized carbons (Fsp3) is 0.346. The van der Waals surface area contributed by atoms with Crippen LogP contribution in [0.5, 0.6) is 0 Å². The van der Waals surface area contributed by atoms with Gasteiger partial charge in [0, 0.05) is 35.6 Å². The largest absolute Gasteiger partial charge is 0.372 e. The summed E-state index contributed by atoms with van der Waals surface area (Å²) in [6.45, 7) is 6.85. The maximum absolute atomic E-state index is 2.57. The van der Waals surface area contributed by atoms with Crippen LogP contribution >= 0.6 is 0 Å². The van der Waals surface area contributed by atoms with E-state index in [1.807, 2.05) is 0 Å². The van der Waals surface area contributed by atoms with Gasteiger partial charge in [0.2, 0.25) is 0 Å². The van der Waals surface area contributed by atoms with Crippen molar-refractivity contribution in [3.63, 3.8) is 0 Å². The fourth-order valence-electron chi connectivity index (χ4n) is 4.19. The number of fused-ring (bicyclic) bond motifs is 5. The Hall–Kier alpha value is -2.61. The number of rotatable bonds is 7. The molecule has 144 valence electrons. The topological polar surface area (TPSA) is 7.12 Å². The molecule has 0 unspecified atom stereocenters. The van der Waals surface area contributed by atoms with Crippen LogP contribution in [-0.4, -0.2) is 13.1 Å². The van der Waals surface area contributed by atoms with Crippen LogP contribution in [0.25, 0.3) is 32.3 Å². The minimum absolute atomic E-state index is 1.15. The number of hydrogen-bond acceptors (Lipinski definition) is 1. The van der Waals surface area contributed by atoms with Gasteiger partial charge in [0.1, 0.15) is 7.05 Å². The Bertz CT molecular complexity index is 1110. The van der Waals surface area contributed by atoms with Crippen molar-refractivity contribution in [1.82, 2.24) is 0 Å². The lowest BCUT2D eigenvalue weighted by atomic mass is 9.97. The monoisotopic (exact) mass is 371 g/mol. The first kappa shape index (κ1) is 18.7. The minimum Gasteiger partial charge on any atom is -0.372 e. The molecular formula is C26H31N2+. The molecule has 3 aromatic carbocycles. The van der Waals surface area contributed by atoms with Crippen LogP contribution in [-0.2, 0) is 7.05 Å². The number of hydrogen-bond donors (Lipinski definition) is 0. The highest BCUT2D eigenvalue weighted by Crippen LogP contribution is 2.32. The van der Waals surface area contributed by atoms with Crippen LogP contribution in [0.2, 0.25) is 0 Å². The Kier molecular flexibility index (Phi) is 5.47. The third-order valence-corrected chi connectivity index (χ3v) is 5.82. The molecule has 0 spiro atoms. The number of anilines is 1. The summed E-state index contributed by atoms with van der Waals surface area (Å²) in [7, 11) is 2.08. The van der Waals surface area contributed by atoms with E-state index < -0.39 is 0 Å². The third-order valence-electron chi connectivity index (χ3n) is 5.82. The van der Waals surface area contributed by atoms with Crippen molar-refractivity contribution in [2.24, 2.45) is 7.05 Å². The zero-order valence-corrected chi connectivity index (χ0v) is 17.4. The van der Waals surface area contributed by atoms with Crippen molar-refractivity contribution in [1.29, 1.82) is 0 Å². The van der Waals surface area contributed by atoms with Gasteiger partial charge in [0.05, 0.1) is 0 Å².